The smallest absolute Gasteiger partial charge is 0.0473 e. The van der Waals surface area contributed by atoms with E-state index in [1.807, 2.05) is 0 Å². The first-order valence-corrected chi connectivity index (χ1v) is 6.87. The highest BCUT2D eigenvalue weighted by atomic mass is 15.2. The Kier molecular flexibility index (Phi) is 4.57. The molecule has 1 saturated heterocycles. The first-order valence-electron chi connectivity index (χ1n) is 6.87. The molecule has 17 heavy (non-hydrogen) atoms. The van der Waals surface area contributed by atoms with Gasteiger partial charge in [-0.1, -0.05) is 43.7 Å². The van der Waals surface area contributed by atoms with Crippen LogP contribution in [0.1, 0.15) is 44.2 Å². The van der Waals surface area contributed by atoms with Gasteiger partial charge in [-0.25, -0.2) is 0 Å². The Bertz CT molecular complexity index is 323. The van der Waals surface area contributed by atoms with Gasteiger partial charge in [-0.2, -0.15) is 0 Å². The van der Waals surface area contributed by atoms with Gasteiger partial charge in [0, 0.05) is 18.6 Å². The van der Waals surface area contributed by atoms with Gasteiger partial charge in [0.2, 0.25) is 0 Å². The molecule has 1 aromatic carbocycles. The Morgan fingerprint density at radius 2 is 2.06 bits per heavy atom. The Balaban J connectivity index is 2.16. The average molecular weight is 232 g/mol. The molecule has 0 bridgehead atoms. The molecule has 94 valence electrons. The van der Waals surface area contributed by atoms with E-state index in [0.29, 0.717) is 6.04 Å². The van der Waals surface area contributed by atoms with E-state index >= 15 is 0 Å². The predicted octanol–water partition coefficient (Wildman–Crippen LogP) is 2.95. The average Bonchev–Trinajstić information content (AvgIpc) is 2.41. The summed E-state index contributed by atoms with van der Waals surface area (Å²) in [4.78, 5) is 2.62. The van der Waals surface area contributed by atoms with Gasteiger partial charge in [0.25, 0.3) is 0 Å². The number of nitrogens with two attached hydrogens (primary N) is 1. The number of hydrogen-bond acceptors (Lipinski definition) is 2. The highest BCUT2D eigenvalue weighted by Gasteiger charge is 2.27. The molecule has 1 aliphatic heterocycles. The highest BCUT2D eigenvalue weighted by Crippen LogP contribution is 2.29. The summed E-state index contributed by atoms with van der Waals surface area (Å²) in [5, 5.41) is 0. The van der Waals surface area contributed by atoms with Crippen LogP contribution in [-0.4, -0.2) is 24.0 Å². The van der Waals surface area contributed by atoms with Crippen molar-refractivity contribution in [2.75, 3.05) is 13.1 Å². The third kappa shape index (κ3) is 2.88. The van der Waals surface area contributed by atoms with Gasteiger partial charge in [-0.05, 0) is 31.4 Å². The lowest BCUT2D eigenvalue weighted by Crippen LogP contribution is -2.44. The monoisotopic (exact) mass is 232 g/mol. The van der Waals surface area contributed by atoms with Gasteiger partial charge >= 0.3 is 0 Å². The molecule has 2 heteroatoms. The second-order valence-corrected chi connectivity index (χ2v) is 4.96. The fraction of sp³-hybridized carbons (Fsp3) is 0.600. The zero-order valence-electron chi connectivity index (χ0n) is 10.8. The summed E-state index contributed by atoms with van der Waals surface area (Å²) in [5.41, 5.74) is 7.38. The van der Waals surface area contributed by atoms with Crippen LogP contribution in [0.5, 0.6) is 0 Å². The maximum Gasteiger partial charge on any atom is 0.0473 e. The summed E-state index contributed by atoms with van der Waals surface area (Å²) in [6.07, 6.45) is 5.27. The van der Waals surface area contributed by atoms with Crippen molar-refractivity contribution in [1.82, 2.24) is 4.90 Å². The van der Waals surface area contributed by atoms with E-state index in [2.05, 4.69) is 42.2 Å². The predicted molar refractivity (Wildman–Crippen MR) is 72.9 cm³/mol. The largest absolute Gasteiger partial charge is 0.329 e. The van der Waals surface area contributed by atoms with Gasteiger partial charge in [-0.3, -0.25) is 4.90 Å². The number of piperidine rings is 1. The minimum atomic E-state index is 0.404. The molecule has 1 aromatic rings. The van der Waals surface area contributed by atoms with E-state index in [4.69, 9.17) is 5.73 Å². The summed E-state index contributed by atoms with van der Waals surface area (Å²) < 4.78 is 0. The molecule has 2 atom stereocenters. The maximum absolute atomic E-state index is 6.01. The fourth-order valence-corrected chi connectivity index (χ4v) is 3.01. The van der Waals surface area contributed by atoms with Crippen molar-refractivity contribution in [2.45, 2.75) is 44.7 Å². The van der Waals surface area contributed by atoms with Gasteiger partial charge in [0.15, 0.2) is 0 Å². The number of benzene rings is 1. The van der Waals surface area contributed by atoms with Crippen molar-refractivity contribution in [3.05, 3.63) is 35.9 Å². The van der Waals surface area contributed by atoms with Gasteiger partial charge < -0.3 is 5.73 Å². The Hall–Kier alpha value is -0.860. The van der Waals surface area contributed by atoms with E-state index in [9.17, 15) is 0 Å². The van der Waals surface area contributed by atoms with Crippen LogP contribution in [0.2, 0.25) is 0 Å². The third-order valence-corrected chi connectivity index (χ3v) is 3.95. The highest BCUT2D eigenvalue weighted by molar-refractivity contribution is 5.19. The molecule has 0 aliphatic carbocycles. The zero-order valence-corrected chi connectivity index (χ0v) is 10.8. The van der Waals surface area contributed by atoms with E-state index in [-0.39, 0.29) is 0 Å². The molecule has 2 rings (SSSR count). The molecule has 2 N–H and O–H groups in total. The molecule has 2 unspecified atom stereocenters. The van der Waals surface area contributed by atoms with Gasteiger partial charge in [0.05, 0.1) is 0 Å². The zero-order chi connectivity index (χ0) is 12.1. The Labute approximate surface area is 105 Å². The first kappa shape index (κ1) is 12.6. The molecular formula is C15H24N2. The summed E-state index contributed by atoms with van der Waals surface area (Å²) in [7, 11) is 0. The topological polar surface area (TPSA) is 29.3 Å². The van der Waals surface area contributed by atoms with Crippen molar-refractivity contribution in [1.29, 1.82) is 0 Å². The van der Waals surface area contributed by atoms with Gasteiger partial charge in [0.1, 0.15) is 0 Å². The van der Waals surface area contributed by atoms with Crippen LogP contribution in [0, 0.1) is 0 Å². The van der Waals surface area contributed by atoms with Crippen molar-refractivity contribution in [3.63, 3.8) is 0 Å². The summed E-state index contributed by atoms with van der Waals surface area (Å²) in [6.45, 7) is 4.22. The fourth-order valence-electron chi connectivity index (χ4n) is 3.01. The van der Waals surface area contributed by atoms with Crippen LogP contribution in [0.15, 0.2) is 30.3 Å². The quantitative estimate of drug-likeness (QED) is 0.865. The molecule has 0 spiro atoms. The molecule has 2 nitrogen and oxygen atoms in total. The van der Waals surface area contributed by atoms with Crippen LogP contribution in [0.4, 0.5) is 0 Å². The van der Waals surface area contributed by atoms with E-state index < -0.39 is 0 Å². The van der Waals surface area contributed by atoms with Crippen molar-refractivity contribution in [3.8, 4) is 0 Å². The molecule has 0 saturated carbocycles. The van der Waals surface area contributed by atoms with Crippen LogP contribution in [-0.2, 0) is 0 Å². The van der Waals surface area contributed by atoms with Crippen LogP contribution >= 0.6 is 0 Å². The summed E-state index contributed by atoms with van der Waals surface area (Å²) >= 11 is 0. The molecule has 0 aromatic heterocycles. The minimum Gasteiger partial charge on any atom is -0.329 e. The lowest BCUT2D eigenvalue weighted by molar-refractivity contribution is 0.0949. The molecular weight excluding hydrogens is 208 g/mol. The maximum atomic E-state index is 6.01. The van der Waals surface area contributed by atoms with Crippen LogP contribution < -0.4 is 5.73 Å². The number of likely N-dealkylation sites (tertiary alicyclic amines) is 1. The lowest BCUT2D eigenvalue weighted by atomic mass is 9.95. The lowest BCUT2D eigenvalue weighted by Gasteiger charge is -2.40. The number of nitrogens with zero attached hydrogens (tertiary/aromatic N) is 1. The Morgan fingerprint density at radius 3 is 2.71 bits per heavy atom. The second-order valence-electron chi connectivity index (χ2n) is 4.96. The third-order valence-electron chi connectivity index (χ3n) is 3.95. The first-order chi connectivity index (χ1) is 8.36. The SMILES string of the molecule is CCC1CCCCN1C(CN)c1ccccc1. The molecule has 0 amide bonds. The Morgan fingerprint density at radius 1 is 1.29 bits per heavy atom. The van der Waals surface area contributed by atoms with Crippen LogP contribution in [0.25, 0.3) is 0 Å². The standard InChI is InChI=1S/C15H24N2/c1-2-14-10-6-7-11-17(14)15(12-16)13-8-4-3-5-9-13/h3-5,8-9,14-15H,2,6-7,10-12,16H2,1H3. The van der Waals surface area contributed by atoms with Crippen molar-refractivity contribution >= 4 is 0 Å². The minimum absolute atomic E-state index is 0.404. The number of hydrogen-bond donors (Lipinski definition) is 1. The molecule has 0 radical (unpaired) electrons. The van der Waals surface area contributed by atoms with Crippen molar-refractivity contribution < 1.29 is 0 Å². The van der Waals surface area contributed by atoms with E-state index in [1.165, 1.54) is 37.8 Å². The van der Waals surface area contributed by atoms with Gasteiger partial charge in [-0.15, -0.1) is 0 Å². The summed E-state index contributed by atoms with van der Waals surface area (Å²) in [6, 6.07) is 11.8. The van der Waals surface area contributed by atoms with E-state index in [1.54, 1.807) is 0 Å². The molecule has 1 fully saturated rings. The van der Waals surface area contributed by atoms with Crippen LogP contribution in [0.3, 0.4) is 0 Å². The molecule has 1 heterocycles. The molecule has 1 aliphatic rings. The normalized spacial score (nSPS) is 23.5. The number of rotatable bonds is 4. The second kappa shape index (κ2) is 6.18. The van der Waals surface area contributed by atoms with E-state index in [0.717, 1.165) is 12.6 Å². The van der Waals surface area contributed by atoms with Crippen molar-refractivity contribution in [2.24, 2.45) is 5.73 Å². The summed E-state index contributed by atoms with van der Waals surface area (Å²) in [5.74, 6) is 0.